The maximum Gasteiger partial charge on any atom is 0.413 e. The van der Waals surface area contributed by atoms with Crippen LogP contribution in [0.15, 0.2) is 53.9 Å². The Morgan fingerprint density at radius 1 is 1.06 bits per heavy atom. The number of nitrogens with one attached hydrogen (secondary N) is 2. The van der Waals surface area contributed by atoms with E-state index in [1.54, 1.807) is 13.8 Å². The minimum atomic E-state index is -1.12. The Morgan fingerprint density at radius 3 is 2.24 bits per heavy atom. The average molecular weight is 466 g/mol. The van der Waals surface area contributed by atoms with Gasteiger partial charge in [-0.15, -0.1) is 11.3 Å². The first kappa shape index (κ1) is 22.5. The molecule has 3 N–H and O–H groups in total. The molecule has 8 nitrogen and oxygen atoms in total. The van der Waals surface area contributed by atoms with E-state index in [0.29, 0.717) is 0 Å². The molecule has 0 saturated carbocycles. The number of carboxylic acids is 1. The lowest BCUT2D eigenvalue weighted by atomic mass is 9.98. The first-order chi connectivity index (χ1) is 15.8. The highest BCUT2D eigenvalue weighted by Gasteiger charge is 2.29. The Kier molecular flexibility index (Phi) is 6.41. The van der Waals surface area contributed by atoms with Crippen molar-refractivity contribution in [2.24, 2.45) is 5.92 Å². The topological polar surface area (TPSA) is 118 Å². The Hall–Kier alpha value is -3.72. The molecule has 0 saturated heterocycles. The summed E-state index contributed by atoms with van der Waals surface area (Å²) in [5.41, 5.74) is 4.52. The summed E-state index contributed by atoms with van der Waals surface area (Å²) >= 11 is 1.05. The lowest BCUT2D eigenvalue weighted by molar-refractivity contribution is -0.140. The Labute approximate surface area is 194 Å². The van der Waals surface area contributed by atoms with Crippen molar-refractivity contribution in [3.05, 3.63) is 70.7 Å². The lowest BCUT2D eigenvalue weighted by Gasteiger charge is -2.16. The molecule has 0 spiro atoms. The summed E-state index contributed by atoms with van der Waals surface area (Å²) in [6.45, 7) is 3.56. The van der Waals surface area contributed by atoms with E-state index >= 15 is 0 Å². The number of hydrogen-bond donors (Lipinski definition) is 3. The van der Waals surface area contributed by atoms with Gasteiger partial charge in [-0.05, 0) is 28.2 Å². The van der Waals surface area contributed by atoms with Crippen LogP contribution in [0.25, 0.3) is 11.1 Å². The molecule has 33 heavy (non-hydrogen) atoms. The van der Waals surface area contributed by atoms with Crippen LogP contribution in [-0.4, -0.2) is 40.7 Å². The molecule has 0 radical (unpaired) electrons. The van der Waals surface area contributed by atoms with Crippen molar-refractivity contribution >= 4 is 34.4 Å². The molecular weight excluding hydrogens is 442 g/mol. The molecule has 1 heterocycles. The molecule has 2 aromatic carbocycles. The van der Waals surface area contributed by atoms with Gasteiger partial charge in [-0.25, -0.2) is 14.6 Å². The van der Waals surface area contributed by atoms with Gasteiger partial charge in [0.2, 0.25) is 0 Å². The molecule has 1 aliphatic carbocycles. The number of carbonyl (C=O) groups is 3. The number of thiazole rings is 1. The van der Waals surface area contributed by atoms with Gasteiger partial charge in [-0.2, -0.15) is 0 Å². The molecule has 4 rings (SSSR count). The van der Waals surface area contributed by atoms with E-state index in [1.165, 1.54) is 5.38 Å². The van der Waals surface area contributed by atoms with Crippen LogP contribution in [0.2, 0.25) is 0 Å². The minimum Gasteiger partial charge on any atom is -0.480 e. The average Bonchev–Trinajstić information content (AvgIpc) is 3.38. The standard InChI is InChI=1S/C24H23N3O5S/c1-13(2)20(22(29)30)26-21(28)19-12-33-23(25-19)27-24(31)32-11-18-16-9-5-3-7-14(16)15-8-4-6-10-17(15)18/h3-10,12-13,18,20H,11H2,1-2H3,(H,26,28)(H,29,30)(H,25,27,31)/t20-/m1/s1. The largest absolute Gasteiger partial charge is 0.480 e. The van der Waals surface area contributed by atoms with Gasteiger partial charge >= 0.3 is 12.1 Å². The number of aromatic nitrogens is 1. The van der Waals surface area contributed by atoms with E-state index in [2.05, 4.69) is 27.8 Å². The van der Waals surface area contributed by atoms with Gasteiger partial charge < -0.3 is 15.2 Å². The smallest absolute Gasteiger partial charge is 0.413 e. The fourth-order valence-corrected chi connectivity index (χ4v) is 4.56. The molecular formula is C24H23N3O5S. The summed E-state index contributed by atoms with van der Waals surface area (Å²) in [4.78, 5) is 40.1. The molecule has 0 fully saturated rings. The van der Waals surface area contributed by atoms with Crippen molar-refractivity contribution in [3.63, 3.8) is 0 Å². The fourth-order valence-electron chi connectivity index (χ4n) is 3.89. The number of anilines is 1. The van der Waals surface area contributed by atoms with Crippen LogP contribution in [0, 0.1) is 5.92 Å². The molecule has 9 heteroatoms. The molecule has 1 atom stereocenters. The van der Waals surface area contributed by atoms with Crippen molar-refractivity contribution in [1.82, 2.24) is 10.3 Å². The van der Waals surface area contributed by atoms with Gasteiger partial charge in [0.25, 0.3) is 5.91 Å². The normalized spacial score (nSPS) is 13.2. The number of fused-ring (bicyclic) bond motifs is 3. The summed E-state index contributed by atoms with van der Waals surface area (Å²) in [6, 6.07) is 15.1. The SMILES string of the molecule is CC(C)[C@@H](NC(=O)c1csc(NC(=O)OCC2c3ccccc3-c3ccccc32)n1)C(=O)O. The Morgan fingerprint density at radius 2 is 1.67 bits per heavy atom. The number of nitrogens with zero attached hydrogens (tertiary/aromatic N) is 1. The number of aliphatic carboxylic acids is 1. The third kappa shape index (κ3) is 4.73. The highest BCUT2D eigenvalue weighted by atomic mass is 32.1. The second-order valence-electron chi connectivity index (χ2n) is 8.02. The van der Waals surface area contributed by atoms with E-state index in [0.717, 1.165) is 33.6 Å². The summed E-state index contributed by atoms with van der Waals surface area (Å²) in [6.07, 6.45) is -0.677. The number of ether oxygens (including phenoxy) is 1. The third-order valence-corrected chi connectivity index (χ3v) is 6.27. The molecule has 1 aliphatic rings. The van der Waals surface area contributed by atoms with Crippen LogP contribution >= 0.6 is 11.3 Å². The molecule has 1 aromatic heterocycles. The summed E-state index contributed by atoms with van der Waals surface area (Å²) in [5.74, 6) is -2.09. The van der Waals surface area contributed by atoms with E-state index in [9.17, 15) is 19.5 Å². The van der Waals surface area contributed by atoms with Crippen LogP contribution in [-0.2, 0) is 9.53 Å². The second-order valence-corrected chi connectivity index (χ2v) is 8.88. The van der Waals surface area contributed by atoms with Gasteiger partial charge in [0.05, 0.1) is 0 Å². The summed E-state index contributed by atoms with van der Waals surface area (Å²) in [5, 5.41) is 15.8. The number of benzene rings is 2. The van der Waals surface area contributed by atoms with Gasteiger partial charge in [-0.1, -0.05) is 62.4 Å². The van der Waals surface area contributed by atoms with Gasteiger partial charge in [0.1, 0.15) is 18.3 Å². The zero-order chi connectivity index (χ0) is 23.5. The highest BCUT2D eigenvalue weighted by Crippen LogP contribution is 2.44. The Bertz CT molecular complexity index is 1160. The third-order valence-electron chi connectivity index (χ3n) is 5.51. The number of amides is 2. The predicted octanol–water partition coefficient (Wildman–Crippen LogP) is 4.34. The quantitative estimate of drug-likeness (QED) is 0.478. The number of rotatable bonds is 7. The van der Waals surface area contributed by atoms with Crippen molar-refractivity contribution in [2.75, 3.05) is 11.9 Å². The molecule has 0 aliphatic heterocycles. The van der Waals surface area contributed by atoms with E-state index in [4.69, 9.17) is 4.74 Å². The Balaban J connectivity index is 1.37. The van der Waals surface area contributed by atoms with Gasteiger partial charge in [-0.3, -0.25) is 10.1 Å². The molecule has 0 bridgehead atoms. The zero-order valence-corrected chi connectivity index (χ0v) is 18.9. The van der Waals surface area contributed by atoms with E-state index in [1.807, 2.05) is 36.4 Å². The molecule has 3 aromatic rings. The van der Waals surface area contributed by atoms with Crippen LogP contribution in [0.3, 0.4) is 0 Å². The number of carboxylic acid groups (broad SMARTS) is 1. The zero-order valence-electron chi connectivity index (χ0n) is 18.1. The van der Waals surface area contributed by atoms with Gasteiger partial charge in [0.15, 0.2) is 5.13 Å². The van der Waals surface area contributed by atoms with Gasteiger partial charge in [0, 0.05) is 11.3 Å². The maximum atomic E-state index is 12.4. The van der Waals surface area contributed by atoms with Crippen molar-refractivity contribution in [1.29, 1.82) is 0 Å². The highest BCUT2D eigenvalue weighted by molar-refractivity contribution is 7.14. The van der Waals surface area contributed by atoms with Crippen LogP contribution in [0.5, 0.6) is 0 Å². The van der Waals surface area contributed by atoms with E-state index in [-0.39, 0.29) is 29.3 Å². The fraction of sp³-hybridized carbons (Fsp3) is 0.250. The van der Waals surface area contributed by atoms with E-state index < -0.39 is 24.0 Å². The van der Waals surface area contributed by atoms with Crippen molar-refractivity contribution in [3.8, 4) is 11.1 Å². The molecule has 2 amide bonds. The monoisotopic (exact) mass is 465 g/mol. The first-order valence-corrected chi connectivity index (χ1v) is 11.3. The maximum absolute atomic E-state index is 12.4. The van der Waals surface area contributed by atoms with Crippen LogP contribution < -0.4 is 10.6 Å². The van der Waals surface area contributed by atoms with Crippen molar-refractivity contribution < 1.29 is 24.2 Å². The van der Waals surface area contributed by atoms with Crippen LogP contribution in [0.4, 0.5) is 9.93 Å². The minimum absolute atomic E-state index is 0.0286. The summed E-state index contributed by atoms with van der Waals surface area (Å²) in [7, 11) is 0. The van der Waals surface area contributed by atoms with Crippen molar-refractivity contribution in [2.45, 2.75) is 25.8 Å². The first-order valence-electron chi connectivity index (χ1n) is 10.5. The molecule has 0 unspecified atom stereocenters. The molecule has 170 valence electrons. The second kappa shape index (κ2) is 9.41. The number of hydrogen-bond acceptors (Lipinski definition) is 6. The lowest BCUT2D eigenvalue weighted by Crippen LogP contribution is -2.44. The number of carbonyl (C=O) groups excluding carboxylic acids is 2. The predicted molar refractivity (Wildman–Crippen MR) is 125 cm³/mol. The van der Waals surface area contributed by atoms with Crippen LogP contribution in [0.1, 0.15) is 41.4 Å². The summed E-state index contributed by atoms with van der Waals surface area (Å²) < 4.78 is 5.48.